The molecule has 0 amide bonds. The van der Waals surface area contributed by atoms with Gasteiger partial charge in [0.25, 0.3) is 0 Å². The van der Waals surface area contributed by atoms with Gasteiger partial charge in [0.1, 0.15) is 24.0 Å². The highest BCUT2D eigenvalue weighted by molar-refractivity contribution is 7.80. The lowest BCUT2D eigenvalue weighted by Gasteiger charge is -2.22. The maximum Gasteiger partial charge on any atom is 0.416 e. The Morgan fingerprint density at radius 2 is 1.71 bits per heavy atom. The van der Waals surface area contributed by atoms with E-state index in [-0.39, 0.29) is 6.61 Å². The second-order valence-electron chi connectivity index (χ2n) is 8.48. The van der Waals surface area contributed by atoms with Crippen LogP contribution in [0.5, 0.6) is 5.75 Å². The summed E-state index contributed by atoms with van der Waals surface area (Å²) < 4.78 is 43.8. The van der Waals surface area contributed by atoms with Crippen molar-refractivity contribution in [3.05, 3.63) is 65.2 Å². The first-order valence-corrected chi connectivity index (χ1v) is 12.1. The van der Waals surface area contributed by atoms with Crippen molar-refractivity contribution in [2.24, 2.45) is 11.1 Å². The molecule has 8 heteroatoms. The molecule has 1 aliphatic rings. The summed E-state index contributed by atoms with van der Waals surface area (Å²) in [4.78, 5) is 6.10. The number of oxime groups is 1. The number of rotatable bonds is 10. The van der Waals surface area contributed by atoms with E-state index in [0.717, 1.165) is 30.0 Å². The van der Waals surface area contributed by atoms with Crippen LogP contribution in [0.4, 0.5) is 13.2 Å². The fourth-order valence-electron chi connectivity index (χ4n) is 3.89. The fraction of sp³-hybridized carbons (Fsp3) is 0.462. The van der Waals surface area contributed by atoms with Gasteiger partial charge in [-0.2, -0.15) is 13.2 Å². The highest BCUT2D eigenvalue weighted by Crippen LogP contribution is 2.29. The minimum atomic E-state index is -4.35. The molecule has 1 fully saturated rings. The van der Waals surface area contributed by atoms with E-state index in [9.17, 15) is 13.2 Å². The summed E-state index contributed by atoms with van der Waals surface area (Å²) in [5.41, 5.74) is 1.56. The van der Waals surface area contributed by atoms with Gasteiger partial charge in [-0.25, -0.2) is 0 Å². The predicted molar refractivity (Wildman–Crippen MR) is 132 cm³/mol. The normalized spacial score (nSPS) is 15.1. The van der Waals surface area contributed by atoms with E-state index in [1.54, 1.807) is 0 Å². The Balaban J connectivity index is 1.45. The van der Waals surface area contributed by atoms with Gasteiger partial charge in [-0.3, -0.25) is 0 Å². The highest BCUT2D eigenvalue weighted by Gasteiger charge is 2.29. The standard InChI is InChI=1S/C26H31F3N2O2S/c1-2-24(31-33-17-20-8-12-22(13-9-20)26(27,28)29)21-10-14-23(15-11-21)32-18-25(34)30-16-19-6-4-3-5-7-19/h8-15,19H,2-7,16-18H2,1H3,(H,30,34). The van der Waals surface area contributed by atoms with Gasteiger partial charge in [-0.1, -0.05) is 55.7 Å². The Morgan fingerprint density at radius 3 is 2.32 bits per heavy atom. The van der Waals surface area contributed by atoms with Crippen LogP contribution in [0.15, 0.2) is 53.7 Å². The number of nitrogens with zero attached hydrogens (tertiary/aromatic N) is 1. The van der Waals surface area contributed by atoms with Crippen LogP contribution in [0, 0.1) is 5.92 Å². The maximum absolute atomic E-state index is 12.7. The summed E-state index contributed by atoms with van der Waals surface area (Å²) >= 11 is 5.39. The number of hydrogen-bond acceptors (Lipinski definition) is 4. The number of benzene rings is 2. The van der Waals surface area contributed by atoms with Gasteiger partial charge in [0.2, 0.25) is 0 Å². The summed E-state index contributed by atoms with van der Waals surface area (Å²) in [5, 5.41) is 7.50. The molecule has 0 atom stereocenters. The SMILES string of the molecule is CCC(=NOCc1ccc(C(F)(F)F)cc1)c1ccc(OCC(=S)NCC2CCCCC2)cc1. The highest BCUT2D eigenvalue weighted by atomic mass is 32.1. The molecule has 2 aromatic rings. The smallest absolute Gasteiger partial charge is 0.416 e. The van der Waals surface area contributed by atoms with E-state index in [1.807, 2.05) is 31.2 Å². The van der Waals surface area contributed by atoms with Crippen molar-refractivity contribution < 1.29 is 22.7 Å². The molecule has 0 heterocycles. The molecule has 3 rings (SSSR count). The number of alkyl halides is 3. The van der Waals surface area contributed by atoms with Crippen LogP contribution in [0.2, 0.25) is 0 Å². The summed E-state index contributed by atoms with van der Waals surface area (Å²) in [7, 11) is 0. The molecule has 0 spiro atoms. The molecule has 0 unspecified atom stereocenters. The Hall–Kier alpha value is -2.61. The number of halogens is 3. The third-order valence-corrected chi connectivity index (χ3v) is 6.15. The van der Waals surface area contributed by atoms with Crippen molar-refractivity contribution in [2.45, 2.75) is 58.2 Å². The zero-order valence-corrected chi connectivity index (χ0v) is 20.2. The van der Waals surface area contributed by atoms with Crippen molar-refractivity contribution in [2.75, 3.05) is 13.2 Å². The summed E-state index contributed by atoms with van der Waals surface area (Å²) in [6.45, 7) is 3.31. The monoisotopic (exact) mass is 492 g/mol. The van der Waals surface area contributed by atoms with E-state index < -0.39 is 11.7 Å². The average Bonchev–Trinajstić information content (AvgIpc) is 2.85. The lowest BCUT2D eigenvalue weighted by atomic mass is 9.89. The van der Waals surface area contributed by atoms with Crippen LogP contribution in [0.1, 0.15) is 62.1 Å². The minimum absolute atomic E-state index is 0.0914. The van der Waals surface area contributed by atoms with Gasteiger partial charge in [0.05, 0.1) is 11.3 Å². The predicted octanol–water partition coefficient (Wildman–Crippen LogP) is 6.91. The van der Waals surface area contributed by atoms with Gasteiger partial charge in [0.15, 0.2) is 0 Å². The first-order chi connectivity index (χ1) is 16.3. The minimum Gasteiger partial charge on any atom is -0.486 e. The number of nitrogens with one attached hydrogen (secondary N) is 1. The third kappa shape index (κ3) is 8.31. The fourth-order valence-corrected chi connectivity index (χ4v) is 4.03. The van der Waals surface area contributed by atoms with E-state index >= 15 is 0 Å². The summed E-state index contributed by atoms with van der Waals surface area (Å²) in [6, 6.07) is 12.4. The van der Waals surface area contributed by atoms with E-state index in [1.165, 1.54) is 44.2 Å². The lowest BCUT2D eigenvalue weighted by Crippen LogP contribution is -2.32. The van der Waals surface area contributed by atoms with Crippen LogP contribution in [-0.4, -0.2) is 23.9 Å². The quantitative estimate of drug-likeness (QED) is 0.222. The van der Waals surface area contributed by atoms with Gasteiger partial charge < -0.3 is 14.9 Å². The largest absolute Gasteiger partial charge is 0.486 e. The second-order valence-corrected chi connectivity index (χ2v) is 8.97. The molecule has 0 saturated heterocycles. The zero-order chi connectivity index (χ0) is 24.4. The number of thiocarbonyl (C=S) groups is 1. The van der Waals surface area contributed by atoms with Crippen molar-refractivity contribution >= 4 is 22.9 Å². The Bertz CT molecular complexity index is 938. The molecule has 0 aromatic heterocycles. The van der Waals surface area contributed by atoms with Gasteiger partial charge in [0, 0.05) is 6.54 Å². The molecule has 34 heavy (non-hydrogen) atoms. The molecule has 1 N–H and O–H groups in total. The van der Waals surface area contributed by atoms with Gasteiger partial charge in [-0.15, -0.1) is 0 Å². The topological polar surface area (TPSA) is 42.9 Å². The third-order valence-electron chi connectivity index (χ3n) is 5.89. The molecular formula is C26H31F3N2O2S. The molecule has 4 nitrogen and oxygen atoms in total. The van der Waals surface area contributed by atoms with Crippen molar-refractivity contribution in [3.8, 4) is 5.75 Å². The Morgan fingerprint density at radius 1 is 1.03 bits per heavy atom. The second kappa shape index (κ2) is 12.7. The molecule has 1 saturated carbocycles. The van der Waals surface area contributed by atoms with Crippen molar-refractivity contribution in [1.82, 2.24) is 5.32 Å². The van der Waals surface area contributed by atoms with Crippen LogP contribution in [0.3, 0.4) is 0 Å². The van der Waals surface area contributed by atoms with Crippen molar-refractivity contribution in [3.63, 3.8) is 0 Å². The Kier molecular flexibility index (Phi) is 9.74. The van der Waals surface area contributed by atoms with E-state index in [4.69, 9.17) is 21.8 Å². The van der Waals surface area contributed by atoms with Crippen LogP contribution < -0.4 is 10.1 Å². The maximum atomic E-state index is 12.7. The van der Waals surface area contributed by atoms with Crippen molar-refractivity contribution in [1.29, 1.82) is 0 Å². The molecule has 2 aromatic carbocycles. The lowest BCUT2D eigenvalue weighted by molar-refractivity contribution is -0.137. The Labute approximate surface area is 204 Å². The first-order valence-electron chi connectivity index (χ1n) is 11.7. The molecule has 0 radical (unpaired) electrons. The van der Waals surface area contributed by atoms with Gasteiger partial charge >= 0.3 is 6.18 Å². The molecule has 0 bridgehead atoms. The van der Waals surface area contributed by atoms with Crippen LogP contribution in [-0.2, 0) is 17.6 Å². The van der Waals surface area contributed by atoms with Crippen LogP contribution >= 0.6 is 12.2 Å². The first kappa shape index (κ1) is 26.0. The molecule has 1 aliphatic carbocycles. The number of hydrogen-bond donors (Lipinski definition) is 1. The van der Waals surface area contributed by atoms with Gasteiger partial charge in [-0.05, 0) is 72.7 Å². The number of ether oxygens (including phenoxy) is 1. The summed E-state index contributed by atoms with van der Waals surface area (Å²) in [6.07, 6.45) is 2.80. The summed E-state index contributed by atoms with van der Waals surface area (Å²) in [5.74, 6) is 1.42. The molecule has 0 aliphatic heterocycles. The van der Waals surface area contributed by atoms with E-state index in [2.05, 4.69) is 10.5 Å². The zero-order valence-electron chi connectivity index (χ0n) is 19.4. The molecular weight excluding hydrogens is 461 g/mol. The van der Waals surface area contributed by atoms with Crippen LogP contribution in [0.25, 0.3) is 0 Å². The average molecular weight is 493 g/mol. The molecule has 184 valence electrons. The van der Waals surface area contributed by atoms with E-state index in [0.29, 0.717) is 35.2 Å².